The first-order chi connectivity index (χ1) is 13.0. The lowest BCUT2D eigenvalue weighted by Gasteiger charge is -2.41. The zero-order valence-electron chi connectivity index (χ0n) is 16.2. The minimum absolute atomic E-state index is 0.0530. The Morgan fingerprint density at radius 3 is 2.59 bits per heavy atom. The molecule has 1 spiro atoms. The van der Waals surface area contributed by atoms with Gasteiger partial charge in [-0.3, -0.25) is 4.79 Å². The summed E-state index contributed by atoms with van der Waals surface area (Å²) in [5, 5.41) is 8.68. The molecule has 4 rings (SSSR count). The molecule has 6 heteroatoms. The largest absolute Gasteiger partial charge is 0.339 e. The van der Waals surface area contributed by atoms with Crippen LogP contribution in [0.4, 0.5) is 4.39 Å². The van der Waals surface area contributed by atoms with Gasteiger partial charge in [0.2, 0.25) is 0 Å². The van der Waals surface area contributed by atoms with E-state index in [0.29, 0.717) is 11.1 Å². The molecule has 1 aromatic carbocycles. The monoisotopic (exact) mass is 370 g/mol. The number of benzene rings is 1. The Balaban J connectivity index is 1.42. The summed E-state index contributed by atoms with van der Waals surface area (Å²) >= 11 is 0. The zero-order chi connectivity index (χ0) is 19.0. The predicted molar refractivity (Wildman–Crippen MR) is 101 cm³/mol. The summed E-state index contributed by atoms with van der Waals surface area (Å²) < 4.78 is 16.1. The maximum absolute atomic E-state index is 13.8. The molecule has 1 amide bonds. The summed E-state index contributed by atoms with van der Waals surface area (Å²) in [6, 6.07) is 4.78. The van der Waals surface area contributed by atoms with Crippen molar-refractivity contribution in [3.05, 3.63) is 46.8 Å². The minimum Gasteiger partial charge on any atom is -0.339 e. The number of rotatable bonds is 2. The Bertz CT molecular complexity index is 852. The summed E-state index contributed by atoms with van der Waals surface area (Å²) in [4.78, 5) is 14.6. The molecule has 1 saturated heterocycles. The first kappa shape index (κ1) is 18.1. The van der Waals surface area contributed by atoms with Crippen LogP contribution in [0.25, 0.3) is 0 Å². The van der Waals surface area contributed by atoms with Crippen LogP contribution in [0.2, 0.25) is 0 Å². The molecular formula is C21H27FN4O. The number of nitrogens with zero attached hydrogens (tertiary/aromatic N) is 4. The highest BCUT2D eigenvalue weighted by Gasteiger charge is 2.37. The van der Waals surface area contributed by atoms with Gasteiger partial charge in [-0.05, 0) is 55.7 Å². The summed E-state index contributed by atoms with van der Waals surface area (Å²) in [6.45, 7) is 6.30. The molecule has 27 heavy (non-hydrogen) atoms. The number of carbonyl (C=O) groups excluding carboxylic acids is 1. The topological polar surface area (TPSA) is 51.0 Å². The van der Waals surface area contributed by atoms with E-state index < -0.39 is 0 Å². The van der Waals surface area contributed by atoms with Crippen LogP contribution in [-0.4, -0.2) is 38.7 Å². The Morgan fingerprint density at radius 2 is 1.89 bits per heavy atom. The molecule has 144 valence electrons. The normalized spacial score (nSPS) is 19.0. The molecule has 0 N–H and O–H groups in total. The molecule has 0 atom stereocenters. The van der Waals surface area contributed by atoms with E-state index >= 15 is 0 Å². The van der Waals surface area contributed by atoms with E-state index in [4.69, 9.17) is 0 Å². The van der Waals surface area contributed by atoms with Crippen molar-refractivity contribution in [3.8, 4) is 0 Å². The quantitative estimate of drug-likeness (QED) is 0.812. The second-order valence-electron chi connectivity index (χ2n) is 8.04. The number of fused-ring (bicyclic) bond motifs is 1. The van der Waals surface area contributed by atoms with Crippen LogP contribution < -0.4 is 0 Å². The number of likely N-dealkylation sites (tertiary alicyclic amines) is 1. The van der Waals surface area contributed by atoms with Crippen molar-refractivity contribution >= 4 is 5.91 Å². The Morgan fingerprint density at radius 1 is 1.15 bits per heavy atom. The van der Waals surface area contributed by atoms with Crippen molar-refractivity contribution in [3.63, 3.8) is 0 Å². The predicted octanol–water partition coefficient (Wildman–Crippen LogP) is 3.55. The average molecular weight is 370 g/mol. The molecule has 0 radical (unpaired) electrons. The number of carbonyl (C=O) groups is 1. The Labute approximate surface area is 159 Å². The van der Waals surface area contributed by atoms with Crippen LogP contribution in [0, 0.1) is 18.2 Å². The third-order valence-electron chi connectivity index (χ3n) is 6.50. The Kier molecular flexibility index (Phi) is 4.74. The lowest BCUT2D eigenvalue weighted by Crippen LogP contribution is -2.43. The second-order valence-corrected chi connectivity index (χ2v) is 8.04. The molecule has 3 heterocycles. The van der Waals surface area contributed by atoms with Crippen molar-refractivity contribution in [2.24, 2.45) is 5.41 Å². The first-order valence-electron chi connectivity index (χ1n) is 9.98. The zero-order valence-corrected chi connectivity index (χ0v) is 16.2. The van der Waals surface area contributed by atoms with Gasteiger partial charge in [0.1, 0.15) is 17.5 Å². The Hall–Kier alpha value is -2.24. The van der Waals surface area contributed by atoms with Gasteiger partial charge in [0.05, 0.1) is 0 Å². The van der Waals surface area contributed by atoms with Crippen molar-refractivity contribution in [2.45, 2.75) is 58.9 Å². The standard InChI is InChI=1S/C21H27FN4O/c1-3-18-23-24-19-6-7-21(10-13-26(18)19)8-11-25(12-9-21)20(27)16-5-4-15(2)17(22)14-16/h4-5,14H,3,6-13H2,1-2H3. The molecule has 1 aromatic heterocycles. The summed E-state index contributed by atoms with van der Waals surface area (Å²) in [5.41, 5.74) is 1.30. The number of piperidine rings is 1. The van der Waals surface area contributed by atoms with E-state index in [1.807, 2.05) is 4.90 Å². The summed E-state index contributed by atoms with van der Waals surface area (Å²) in [7, 11) is 0. The molecule has 0 bridgehead atoms. The van der Waals surface area contributed by atoms with Gasteiger partial charge in [0.15, 0.2) is 0 Å². The van der Waals surface area contributed by atoms with E-state index in [2.05, 4.69) is 21.7 Å². The van der Waals surface area contributed by atoms with Gasteiger partial charge in [-0.25, -0.2) is 4.39 Å². The van der Waals surface area contributed by atoms with Crippen LogP contribution in [0.1, 0.15) is 60.2 Å². The molecule has 5 nitrogen and oxygen atoms in total. The van der Waals surface area contributed by atoms with Gasteiger partial charge in [0, 0.05) is 38.0 Å². The summed E-state index contributed by atoms with van der Waals surface area (Å²) in [5.74, 6) is 1.82. The maximum Gasteiger partial charge on any atom is 0.253 e. The van der Waals surface area contributed by atoms with Crippen molar-refractivity contribution in [1.82, 2.24) is 19.7 Å². The molecule has 0 aliphatic carbocycles. The molecule has 2 aliphatic heterocycles. The number of amides is 1. The number of aryl methyl sites for hydroxylation is 3. The van der Waals surface area contributed by atoms with Crippen LogP contribution >= 0.6 is 0 Å². The van der Waals surface area contributed by atoms with Crippen molar-refractivity contribution in [1.29, 1.82) is 0 Å². The molecule has 2 aromatic rings. The highest BCUT2D eigenvalue weighted by atomic mass is 19.1. The van der Waals surface area contributed by atoms with Gasteiger partial charge in [0.25, 0.3) is 5.91 Å². The van der Waals surface area contributed by atoms with Gasteiger partial charge >= 0.3 is 0 Å². The third-order valence-corrected chi connectivity index (χ3v) is 6.50. The number of aromatic nitrogens is 3. The van der Waals surface area contributed by atoms with E-state index in [0.717, 1.165) is 69.8 Å². The highest BCUT2D eigenvalue weighted by molar-refractivity contribution is 5.94. The molecule has 0 saturated carbocycles. The highest BCUT2D eigenvalue weighted by Crippen LogP contribution is 2.42. The van der Waals surface area contributed by atoms with E-state index in [9.17, 15) is 9.18 Å². The van der Waals surface area contributed by atoms with Gasteiger partial charge < -0.3 is 9.47 Å². The minimum atomic E-state index is -0.312. The molecule has 2 aliphatic rings. The lowest BCUT2D eigenvalue weighted by molar-refractivity contribution is 0.0535. The summed E-state index contributed by atoms with van der Waals surface area (Å²) in [6.07, 6.45) is 6.11. The van der Waals surface area contributed by atoms with Crippen LogP contribution in [0.15, 0.2) is 18.2 Å². The number of hydrogen-bond donors (Lipinski definition) is 0. The lowest BCUT2D eigenvalue weighted by atomic mass is 9.72. The number of halogens is 1. The van der Waals surface area contributed by atoms with Crippen molar-refractivity contribution < 1.29 is 9.18 Å². The smallest absolute Gasteiger partial charge is 0.253 e. The van der Waals surface area contributed by atoms with Gasteiger partial charge in [-0.2, -0.15) is 0 Å². The SMILES string of the molecule is CCc1nnc2n1CCC1(CC2)CCN(C(=O)c2ccc(C)c(F)c2)CC1. The second kappa shape index (κ2) is 7.06. The van der Waals surface area contributed by atoms with Crippen LogP contribution in [-0.2, 0) is 19.4 Å². The molecule has 0 unspecified atom stereocenters. The van der Waals surface area contributed by atoms with Crippen molar-refractivity contribution in [2.75, 3.05) is 13.1 Å². The fraction of sp³-hybridized carbons (Fsp3) is 0.571. The first-order valence-corrected chi connectivity index (χ1v) is 9.98. The van der Waals surface area contributed by atoms with Crippen LogP contribution in [0.3, 0.4) is 0 Å². The van der Waals surface area contributed by atoms with Gasteiger partial charge in [-0.15, -0.1) is 10.2 Å². The van der Waals surface area contributed by atoms with E-state index in [-0.39, 0.29) is 17.1 Å². The fourth-order valence-electron chi connectivity index (χ4n) is 4.52. The molecule has 1 fully saturated rings. The number of hydrogen-bond acceptors (Lipinski definition) is 3. The molecular weight excluding hydrogens is 343 g/mol. The third kappa shape index (κ3) is 3.37. The van der Waals surface area contributed by atoms with E-state index in [1.54, 1.807) is 19.1 Å². The maximum atomic E-state index is 13.8. The average Bonchev–Trinajstić information content (AvgIpc) is 3.01. The fourth-order valence-corrected chi connectivity index (χ4v) is 4.52. The van der Waals surface area contributed by atoms with Gasteiger partial charge in [-0.1, -0.05) is 13.0 Å². The van der Waals surface area contributed by atoms with E-state index in [1.165, 1.54) is 6.07 Å². The van der Waals surface area contributed by atoms with Crippen LogP contribution in [0.5, 0.6) is 0 Å².